The van der Waals surface area contributed by atoms with Gasteiger partial charge in [-0.1, -0.05) is 5.21 Å². The molecule has 0 unspecified atom stereocenters. The van der Waals surface area contributed by atoms with Gasteiger partial charge in [0, 0.05) is 32.3 Å². The maximum absolute atomic E-state index is 14.5. The third-order valence-electron chi connectivity index (χ3n) is 3.79. The number of nitrogens with zero attached hydrogens (tertiary/aromatic N) is 4. The predicted molar refractivity (Wildman–Crippen MR) is 92.8 cm³/mol. The van der Waals surface area contributed by atoms with Crippen molar-refractivity contribution in [1.29, 1.82) is 0 Å². The molecule has 0 atom stereocenters. The van der Waals surface area contributed by atoms with Gasteiger partial charge in [-0.3, -0.25) is 0 Å². The second-order valence-corrected chi connectivity index (χ2v) is 5.85. The Morgan fingerprint density at radius 1 is 1.28 bits per heavy atom. The van der Waals surface area contributed by atoms with Gasteiger partial charge in [0.25, 0.3) is 0 Å². The van der Waals surface area contributed by atoms with E-state index in [1.165, 1.54) is 16.8 Å². The molecule has 1 aliphatic rings. The van der Waals surface area contributed by atoms with Gasteiger partial charge in [0.05, 0.1) is 31.6 Å². The Kier molecular flexibility index (Phi) is 5.39. The van der Waals surface area contributed by atoms with Crippen molar-refractivity contribution in [2.24, 2.45) is 0 Å². The maximum atomic E-state index is 14.5. The van der Waals surface area contributed by atoms with Crippen LogP contribution < -0.4 is 15.5 Å². The van der Waals surface area contributed by atoms with E-state index in [0.717, 1.165) is 0 Å². The van der Waals surface area contributed by atoms with Crippen LogP contribution in [0.15, 0.2) is 18.3 Å². The summed E-state index contributed by atoms with van der Waals surface area (Å²) < 4.78 is 35.5. The lowest BCUT2D eigenvalue weighted by Gasteiger charge is -2.29. The minimum atomic E-state index is -0.636. The summed E-state index contributed by atoms with van der Waals surface area (Å²) in [5.41, 5.74) is 0.825. The summed E-state index contributed by atoms with van der Waals surface area (Å²) in [7, 11) is 1.70. The summed E-state index contributed by atoms with van der Waals surface area (Å²) in [6.07, 6.45) is 1.59. The van der Waals surface area contributed by atoms with Crippen LogP contribution in [0.5, 0.6) is 0 Å². The summed E-state index contributed by atoms with van der Waals surface area (Å²) in [6.45, 7) is 2.18. The average molecular weight is 368 g/mol. The third-order valence-corrected chi connectivity index (χ3v) is 4.14. The van der Waals surface area contributed by atoms with E-state index in [1.54, 1.807) is 18.1 Å². The summed E-state index contributed by atoms with van der Waals surface area (Å²) >= 11 is 4.98. The molecule has 0 radical (unpaired) electrons. The Hall–Kier alpha value is -2.33. The molecule has 10 heteroatoms. The van der Waals surface area contributed by atoms with E-state index >= 15 is 0 Å². The van der Waals surface area contributed by atoms with Gasteiger partial charge in [-0.05, 0) is 12.2 Å². The predicted octanol–water partition coefficient (Wildman–Crippen LogP) is 0.976. The van der Waals surface area contributed by atoms with Crippen LogP contribution in [0.1, 0.15) is 5.69 Å². The minimum absolute atomic E-state index is 0.0339. The summed E-state index contributed by atoms with van der Waals surface area (Å²) in [6, 6.07) is 2.50. The highest BCUT2D eigenvalue weighted by Crippen LogP contribution is 2.27. The summed E-state index contributed by atoms with van der Waals surface area (Å²) in [5, 5.41) is 14.1. The maximum Gasteiger partial charge on any atom is 0.166 e. The lowest BCUT2D eigenvalue weighted by atomic mass is 10.2. The van der Waals surface area contributed by atoms with Crippen LogP contribution >= 0.6 is 12.2 Å². The summed E-state index contributed by atoms with van der Waals surface area (Å²) in [4.78, 5) is 1.65. The normalized spacial score (nSPS) is 14.4. The Bertz CT molecular complexity index is 739. The standard InChI is InChI=1S/C15H18F2N6OS/c1-18-15(25)19-8-10-9-23(21-20-10)11-6-12(16)14(13(17)7-11)22-2-4-24-5-3-22/h6-7,9H,2-5,8H2,1H3,(H2,18,19,25). The number of rotatable bonds is 4. The molecule has 0 aliphatic carbocycles. The van der Waals surface area contributed by atoms with E-state index in [0.29, 0.717) is 43.7 Å². The van der Waals surface area contributed by atoms with Gasteiger partial charge in [-0.25, -0.2) is 13.5 Å². The molecule has 1 saturated heterocycles. The summed E-state index contributed by atoms with van der Waals surface area (Å²) in [5.74, 6) is -1.27. The van der Waals surface area contributed by atoms with E-state index in [-0.39, 0.29) is 11.4 Å². The molecule has 0 amide bonds. The van der Waals surface area contributed by atoms with Gasteiger partial charge >= 0.3 is 0 Å². The number of ether oxygens (including phenoxy) is 1. The van der Waals surface area contributed by atoms with Crippen LogP contribution in [0, 0.1) is 11.6 Å². The molecule has 0 spiro atoms. The number of hydrogen-bond acceptors (Lipinski definition) is 5. The van der Waals surface area contributed by atoms with Crippen molar-refractivity contribution < 1.29 is 13.5 Å². The fraction of sp³-hybridized carbons (Fsp3) is 0.400. The molecule has 0 saturated carbocycles. The fourth-order valence-electron chi connectivity index (χ4n) is 2.54. The molecule has 1 aromatic carbocycles. The lowest BCUT2D eigenvalue weighted by Crippen LogP contribution is -2.37. The Labute approximate surface area is 148 Å². The molecule has 1 aliphatic heterocycles. The first-order valence-electron chi connectivity index (χ1n) is 7.77. The molecule has 1 aromatic heterocycles. The average Bonchev–Trinajstić information content (AvgIpc) is 3.09. The first kappa shape index (κ1) is 17.5. The monoisotopic (exact) mass is 368 g/mol. The molecular weight excluding hydrogens is 350 g/mol. The molecule has 25 heavy (non-hydrogen) atoms. The topological polar surface area (TPSA) is 67.2 Å². The van der Waals surface area contributed by atoms with Crippen LogP contribution in [0.2, 0.25) is 0 Å². The smallest absolute Gasteiger partial charge is 0.166 e. The van der Waals surface area contributed by atoms with Crippen molar-refractivity contribution in [3.8, 4) is 5.69 Å². The molecule has 2 N–H and O–H groups in total. The van der Waals surface area contributed by atoms with E-state index in [1.807, 2.05) is 0 Å². The van der Waals surface area contributed by atoms with Crippen molar-refractivity contribution in [2.75, 3.05) is 38.3 Å². The van der Waals surface area contributed by atoms with Crippen LogP contribution in [0.4, 0.5) is 14.5 Å². The number of hydrogen-bond donors (Lipinski definition) is 2. The van der Waals surface area contributed by atoms with Gasteiger partial charge in [-0.15, -0.1) is 5.10 Å². The molecule has 2 heterocycles. The zero-order valence-corrected chi connectivity index (χ0v) is 14.4. The van der Waals surface area contributed by atoms with Gasteiger partial charge in [0.1, 0.15) is 11.4 Å². The van der Waals surface area contributed by atoms with Gasteiger partial charge < -0.3 is 20.3 Å². The van der Waals surface area contributed by atoms with Crippen molar-refractivity contribution in [1.82, 2.24) is 25.6 Å². The SMILES string of the molecule is CNC(=S)NCc1cn(-c2cc(F)c(N3CCOCC3)c(F)c2)nn1. The molecular formula is C15H18F2N6OS. The van der Waals surface area contributed by atoms with Crippen LogP contribution in [-0.2, 0) is 11.3 Å². The van der Waals surface area contributed by atoms with Gasteiger partial charge in [-0.2, -0.15) is 0 Å². The highest BCUT2D eigenvalue weighted by atomic mass is 32.1. The second kappa shape index (κ2) is 7.70. The van der Waals surface area contributed by atoms with Gasteiger partial charge in [0.2, 0.25) is 0 Å². The molecule has 3 rings (SSSR count). The highest BCUT2D eigenvalue weighted by molar-refractivity contribution is 7.80. The van der Waals surface area contributed by atoms with Crippen LogP contribution in [0.25, 0.3) is 5.69 Å². The van der Waals surface area contributed by atoms with Gasteiger partial charge in [0.15, 0.2) is 16.7 Å². The number of benzene rings is 1. The fourth-order valence-corrected chi connectivity index (χ4v) is 2.61. The molecule has 1 fully saturated rings. The minimum Gasteiger partial charge on any atom is -0.378 e. The molecule has 2 aromatic rings. The largest absolute Gasteiger partial charge is 0.378 e. The zero-order chi connectivity index (χ0) is 17.8. The van der Waals surface area contributed by atoms with Crippen molar-refractivity contribution in [3.63, 3.8) is 0 Å². The van der Waals surface area contributed by atoms with Crippen LogP contribution in [-0.4, -0.2) is 53.5 Å². The number of thiocarbonyl (C=S) groups is 1. The molecule has 0 bridgehead atoms. The second-order valence-electron chi connectivity index (χ2n) is 5.44. The molecule has 7 nitrogen and oxygen atoms in total. The molecule has 134 valence electrons. The Morgan fingerprint density at radius 3 is 2.60 bits per heavy atom. The number of nitrogens with one attached hydrogen (secondary N) is 2. The number of anilines is 1. The van der Waals surface area contributed by atoms with E-state index in [9.17, 15) is 8.78 Å². The first-order valence-corrected chi connectivity index (χ1v) is 8.18. The van der Waals surface area contributed by atoms with Crippen LogP contribution in [0.3, 0.4) is 0 Å². The number of aromatic nitrogens is 3. The zero-order valence-electron chi connectivity index (χ0n) is 13.6. The van der Waals surface area contributed by atoms with E-state index in [2.05, 4.69) is 20.9 Å². The Balaban J connectivity index is 1.79. The lowest BCUT2D eigenvalue weighted by molar-refractivity contribution is 0.122. The van der Waals surface area contributed by atoms with Crippen molar-refractivity contribution in [3.05, 3.63) is 35.7 Å². The number of morpholine rings is 1. The number of halogens is 2. The first-order chi connectivity index (χ1) is 12.1. The van der Waals surface area contributed by atoms with Crippen molar-refractivity contribution in [2.45, 2.75) is 6.54 Å². The van der Waals surface area contributed by atoms with E-state index in [4.69, 9.17) is 17.0 Å². The van der Waals surface area contributed by atoms with Crippen molar-refractivity contribution >= 4 is 23.0 Å². The quantitative estimate of drug-likeness (QED) is 0.780. The highest BCUT2D eigenvalue weighted by Gasteiger charge is 2.21. The Morgan fingerprint density at radius 2 is 1.96 bits per heavy atom. The van der Waals surface area contributed by atoms with E-state index < -0.39 is 11.6 Å². The third kappa shape index (κ3) is 4.02.